The van der Waals surface area contributed by atoms with Crippen molar-refractivity contribution in [2.45, 2.75) is 31.4 Å². The lowest BCUT2D eigenvalue weighted by molar-refractivity contribution is -0.156. The van der Waals surface area contributed by atoms with Crippen LogP contribution in [0.25, 0.3) is 10.7 Å². The average Bonchev–Trinajstić information content (AvgIpc) is 3.25. The van der Waals surface area contributed by atoms with E-state index in [1.54, 1.807) is 22.1 Å². The van der Waals surface area contributed by atoms with Crippen molar-refractivity contribution in [3.8, 4) is 10.7 Å². The van der Waals surface area contributed by atoms with E-state index in [1.807, 2.05) is 22.1 Å². The van der Waals surface area contributed by atoms with Crippen molar-refractivity contribution in [2.24, 2.45) is 0 Å². The highest BCUT2D eigenvalue weighted by atomic mass is 32.1. The highest BCUT2D eigenvalue weighted by Crippen LogP contribution is 2.34. The summed E-state index contributed by atoms with van der Waals surface area (Å²) in [6.45, 7) is 4.75. The van der Waals surface area contributed by atoms with Crippen LogP contribution in [0.5, 0.6) is 0 Å². The molecule has 0 unspecified atom stereocenters. The highest BCUT2D eigenvalue weighted by molar-refractivity contribution is 7.71. The molecule has 0 spiro atoms. The molecule has 120 valence electrons. The smallest absolute Gasteiger partial charge is 0.218 e. The van der Waals surface area contributed by atoms with Crippen molar-refractivity contribution in [3.63, 3.8) is 0 Å². The molecule has 0 N–H and O–H groups in total. The second-order valence-corrected chi connectivity index (χ2v) is 6.82. The van der Waals surface area contributed by atoms with Gasteiger partial charge in [0, 0.05) is 13.0 Å². The molecule has 3 atom stereocenters. The van der Waals surface area contributed by atoms with Gasteiger partial charge in [0.05, 0.1) is 17.5 Å². The number of hydrogen-bond acceptors (Lipinski definition) is 6. The standard InChI is InChI=1S/C15H15N3O3S2/c1-2-5-17-13(12-4-3-6-23-12)16-18(15(17)22)9-7-10(19)14-20-8-11(9)21-14/h2-4,6,9,11,14H,1,5,7-8H2/t9-,11+,14+/m1/s1. The zero-order chi connectivity index (χ0) is 16.0. The number of allylic oxidation sites excluding steroid dienone is 1. The lowest BCUT2D eigenvalue weighted by atomic mass is 10.0. The zero-order valence-corrected chi connectivity index (χ0v) is 13.9. The first-order chi connectivity index (χ1) is 11.2. The maximum absolute atomic E-state index is 12.0. The van der Waals surface area contributed by atoms with Gasteiger partial charge in [-0.25, -0.2) is 4.68 Å². The summed E-state index contributed by atoms with van der Waals surface area (Å²) >= 11 is 7.20. The molecule has 0 radical (unpaired) electrons. The number of hydrogen-bond donors (Lipinski definition) is 0. The Labute approximate surface area is 141 Å². The molecule has 4 rings (SSSR count). The van der Waals surface area contributed by atoms with Crippen molar-refractivity contribution in [1.82, 2.24) is 14.3 Å². The van der Waals surface area contributed by atoms with E-state index in [0.29, 0.717) is 24.3 Å². The molecular formula is C15H15N3O3S2. The fraction of sp³-hybridized carbons (Fsp3) is 0.400. The summed E-state index contributed by atoms with van der Waals surface area (Å²) in [5.74, 6) is 0.736. The van der Waals surface area contributed by atoms with Gasteiger partial charge < -0.3 is 9.47 Å². The van der Waals surface area contributed by atoms with Crippen molar-refractivity contribution < 1.29 is 14.3 Å². The fourth-order valence-corrected chi connectivity index (χ4v) is 4.03. The van der Waals surface area contributed by atoms with Crippen molar-refractivity contribution >= 4 is 29.3 Å². The van der Waals surface area contributed by atoms with Gasteiger partial charge in [0.25, 0.3) is 0 Å². The molecule has 0 aliphatic carbocycles. The van der Waals surface area contributed by atoms with E-state index in [4.69, 9.17) is 26.8 Å². The summed E-state index contributed by atoms with van der Waals surface area (Å²) in [7, 11) is 0. The molecule has 2 aliphatic heterocycles. The molecule has 0 amide bonds. The first-order valence-corrected chi connectivity index (χ1v) is 8.61. The second-order valence-electron chi connectivity index (χ2n) is 5.50. The third kappa shape index (κ3) is 2.42. The van der Waals surface area contributed by atoms with Crippen molar-refractivity contribution in [1.29, 1.82) is 0 Å². The van der Waals surface area contributed by atoms with Crippen LogP contribution in [0.3, 0.4) is 0 Å². The molecule has 6 nitrogen and oxygen atoms in total. The number of Topliss-reactive ketones (excluding diaryl/α,β-unsaturated/α-hetero) is 1. The quantitative estimate of drug-likeness (QED) is 0.627. The van der Waals surface area contributed by atoms with Crippen LogP contribution in [-0.2, 0) is 20.8 Å². The van der Waals surface area contributed by atoms with Crippen molar-refractivity contribution in [2.75, 3.05) is 6.61 Å². The molecule has 2 aliphatic rings. The summed E-state index contributed by atoms with van der Waals surface area (Å²) in [5, 5.41) is 6.69. The Morgan fingerprint density at radius 2 is 2.43 bits per heavy atom. The predicted octanol–water partition coefficient (Wildman–Crippen LogP) is 2.58. The predicted molar refractivity (Wildman–Crippen MR) is 87.8 cm³/mol. The Balaban J connectivity index is 1.80. The van der Waals surface area contributed by atoms with Crippen LogP contribution in [-0.4, -0.2) is 39.1 Å². The molecule has 0 saturated carbocycles. The van der Waals surface area contributed by atoms with Gasteiger partial charge in [-0.05, 0) is 23.7 Å². The number of carbonyl (C=O) groups is 1. The molecule has 2 aromatic rings. The maximum Gasteiger partial charge on any atom is 0.218 e. The first-order valence-electron chi connectivity index (χ1n) is 7.33. The van der Waals surface area contributed by atoms with E-state index >= 15 is 0 Å². The van der Waals surface area contributed by atoms with Crippen LogP contribution in [0, 0.1) is 4.77 Å². The van der Waals surface area contributed by atoms with E-state index in [-0.39, 0.29) is 17.9 Å². The van der Waals surface area contributed by atoms with Crippen LogP contribution in [0.15, 0.2) is 30.2 Å². The van der Waals surface area contributed by atoms with Gasteiger partial charge in [-0.3, -0.25) is 9.36 Å². The maximum atomic E-state index is 12.0. The topological polar surface area (TPSA) is 58.3 Å². The van der Waals surface area contributed by atoms with Crippen LogP contribution in [0.2, 0.25) is 0 Å². The molecule has 8 heteroatoms. The third-order valence-electron chi connectivity index (χ3n) is 4.07. The van der Waals surface area contributed by atoms with Crippen LogP contribution >= 0.6 is 23.6 Å². The largest absolute Gasteiger partial charge is 0.343 e. The first kappa shape index (κ1) is 14.9. The van der Waals surface area contributed by atoms with E-state index in [1.165, 1.54) is 0 Å². The van der Waals surface area contributed by atoms with E-state index < -0.39 is 6.29 Å². The Morgan fingerprint density at radius 1 is 1.57 bits per heavy atom. The molecule has 2 aromatic heterocycles. The van der Waals surface area contributed by atoms with Gasteiger partial charge in [-0.1, -0.05) is 12.1 Å². The number of thiophene rings is 1. The van der Waals surface area contributed by atoms with Gasteiger partial charge in [0.15, 0.2) is 16.4 Å². The molecular weight excluding hydrogens is 334 g/mol. The van der Waals surface area contributed by atoms with Crippen molar-refractivity contribution in [3.05, 3.63) is 34.9 Å². The number of ether oxygens (including phenoxy) is 2. The van der Waals surface area contributed by atoms with Gasteiger partial charge in [-0.2, -0.15) is 5.10 Å². The summed E-state index contributed by atoms with van der Waals surface area (Å²) in [4.78, 5) is 13.1. The number of ketones is 1. The Bertz CT molecular complexity index is 809. The molecule has 0 aromatic carbocycles. The van der Waals surface area contributed by atoms with E-state index in [2.05, 4.69) is 6.58 Å². The summed E-state index contributed by atoms with van der Waals surface area (Å²) in [6.07, 6.45) is 1.22. The van der Waals surface area contributed by atoms with Gasteiger partial charge in [0.2, 0.25) is 6.29 Å². The normalized spacial score (nSPS) is 26.6. The van der Waals surface area contributed by atoms with Crippen LogP contribution in [0.1, 0.15) is 12.5 Å². The van der Waals surface area contributed by atoms with Crippen LogP contribution < -0.4 is 0 Å². The number of rotatable bonds is 4. The highest BCUT2D eigenvalue weighted by Gasteiger charge is 2.45. The Kier molecular flexibility index (Phi) is 3.76. The minimum Gasteiger partial charge on any atom is -0.343 e. The third-order valence-corrected chi connectivity index (χ3v) is 5.34. The monoisotopic (exact) mass is 349 g/mol. The number of nitrogens with zero attached hydrogens (tertiary/aromatic N) is 3. The lowest BCUT2D eigenvalue weighted by Crippen LogP contribution is -2.37. The average molecular weight is 349 g/mol. The zero-order valence-electron chi connectivity index (χ0n) is 12.3. The summed E-state index contributed by atoms with van der Waals surface area (Å²) in [5.41, 5.74) is 0. The van der Waals surface area contributed by atoms with Crippen LogP contribution in [0.4, 0.5) is 0 Å². The molecule has 4 heterocycles. The molecule has 2 fully saturated rings. The van der Waals surface area contributed by atoms with E-state index in [0.717, 1.165) is 10.7 Å². The number of aromatic nitrogens is 3. The summed E-state index contributed by atoms with van der Waals surface area (Å²) < 4.78 is 15.2. The number of carbonyl (C=O) groups excluding carboxylic acids is 1. The Hall–Kier alpha value is -1.61. The molecule has 23 heavy (non-hydrogen) atoms. The SMILES string of the molecule is C=CCn1c(-c2cccs2)nn([C@@H]2CC(=O)[C@H]3OC[C@@H]2O3)c1=S. The lowest BCUT2D eigenvalue weighted by Gasteiger charge is -2.26. The number of fused-ring (bicyclic) bond motifs is 2. The fourth-order valence-electron chi connectivity index (χ4n) is 2.98. The summed E-state index contributed by atoms with van der Waals surface area (Å²) in [6, 6.07) is 3.75. The van der Waals surface area contributed by atoms with Gasteiger partial charge >= 0.3 is 0 Å². The van der Waals surface area contributed by atoms with Gasteiger partial charge in [0.1, 0.15) is 6.10 Å². The molecule has 2 saturated heterocycles. The Morgan fingerprint density at radius 3 is 3.17 bits per heavy atom. The van der Waals surface area contributed by atoms with Gasteiger partial charge in [-0.15, -0.1) is 17.9 Å². The minimum atomic E-state index is -0.711. The minimum absolute atomic E-state index is 0.0541. The molecule has 2 bridgehead atoms. The van der Waals surface area contributed by atoms with E-state index in [9.17, 15) is 4.79 Å². The second kappa shape index (κ2) is 5.79.